The molecule has 3 heterocycles. The van der Waals surface area contributed by atoms with Gasteiger partial charge in [-0.15, -0.1) is 5.10 Å². The Bertz CT molecular complexity index is 1430. The molecule has 4 aromatic rings. The highest BCUT2D eigenvalue weighted by atomic mass is 32.2. The second-order valence-electron chi connectivity index (χ2n) is 8.24. The second-order valence-corrected chi connectivity index (χ2v) is 9.02. The first-order chi connectivity index (χ1) is 17.2. The first-order valence-corrected chi connectivity index (χ1v) is 12.5. The molecule has 0 spiro atoms. The van der Waals surface area contributed by atoms with Crippen LogP contribution in [0.4, 0.5) is 5.95 Å². The first-order valence-electron chi connectivity index (χ1n) is 11.3. The van der Waals surface area contributed by atoms with Crippen LogP contribution >= 0.6 is 11.8 Å². The molecule has 2 atom stereocenters. The molecule has 0 saturated carbocycles. The van der Waals surface area contributed by atoms with Gasteiger partial charge in [0.15, 0.2) is 11.5 Å². The van der Waals surface area contributed by atoms with Crippen LogP contribution in [0.15, 0.2) is 83.5 Å². The molecule has 0 saturated heterocycles. The Kier molecular flexibility index (Phi) is 5.37. The summed E-state index contributed by atoms with van der Waals surface area (Å²) in [5.74, 6) is 2.85. The zero-order chi connectivity index (χ0) is 23.9. The molecule has 3 aromatic carbocycles. The fourth-order valence-electron chi connectivity index (χ4n) is 4.79. The third-order valence-corrected chi connectivity index (χ3v) is 6.91. The molecule has 35 heavy (non-hydrogen) atoms. The van der Waals surface area contributed by atoms with E-state index in [9.17, 15) is 0 Å². The van der Waals surface area contributed by atoms with Gasteiger partial charge in [-0.2, -0.15) is 4.98 Å². The fraction of sp³-hybridized carbons (Fsp3) is 0.185. The molecule has 1 N–H and O–H groups in total. The largest absolute Gasteiger partial charge is 0.493 e. The number of nitrogens with zero attached hydrogens (tertiary/aromatic N) is 3. The Morgan fingerprint density at radius 1 is 0.914 bits per heavy atom. The average Bonchev–Trinajstić information content (AvgIpc) is 3.34. The van der Waals surface area contributed by atoms with E-state index in [4.69, 9.17) is 24.3 Å². The van der Waals surface area contributed by atoms with Gasteiger partial charge >= 0.3 is 0 Å². The van der Waals surface area contributed by atoms with Gasteiger partial charge in [-0.05, 0) is 41.6 Å². The molecule has 7 nitrogen and oxygen atoms in total. The van der Waals surface area contributed by atoms with Crippen LogP contribution in [0.2, 0.25) is 0 Å². The predicted molar refractivity (Wildman–Crippen MR) is 136 cm³/mol. The number of ether oxygens (including phenoxy) is 3. The molecule has 0 aliphatic carbocycles. The van der Waals surface area contributed by atoms with E-state index in [0.717, 1.165) is 33.7 Å². The number of hydrogen-bond acceptors (Lipinski definition) is 7. The number of aromatic nitrogens is 3. The summed E-state index contributed by atoms with van der Waals surface area (Å²) < 4.78 is 19.8. The molecule has 8 heteroatoms. The van der Waals surface area contributed by atoms with Crippen molar-refractivity contribution < 1.29 is 14.2 Å². The van der Waals surface area contributed by atoms with Crippen LogP contribution in [0.1, 0.15) is 28.8 Å². The summed E-state index contributed by atoms with van der Waals surface area (Å²) in [6.07, 6.45) is 1.66. The zero-order valence-electron chi connectivity index (χ0n) is 19.6. The van der Waals surface area contributed by atoms with E-state index in [1.165, 1.54) is 11.8 Å². The van der Waals surface area contributed by atoms with E-state index in [-0.39, 0.29) is 12.1 Å². The highest BCUT2D eigenvalue weighted by Gasteiger charge is 2.41. The van der Waals surface area contributed by atoms with Crippen LogP contribution in [0.5, 0.6) is 17.2 Å². The third kappa shape index (κ3) is 3.52. The van der Waals surface area contributed by atoms with Gasteiger partial charge in [-0.3, -0.25) is 0 Å². The lowest BCUT2D eigenvalue weighted by Gasteiger charge is -2.39. The van der Waals surface area contributed by atoms with Crippen molar-refractivity contribution in [1.29, 1.82) is 0 Å². The van der Waals surface area contributed by atoms with Crippen molar-refractivity contribution in [2.24, 2.45) is 0 Å². The number of para-hydroxylation sites is 1. The van der Waals surface area contributed by atoms with Crippen molar-refractivity contribution in [3.63, 3.8) is 0 Å². The van der Waals surface area contributed by atoms with Gasteiger partial charge in [-0.1, -0.05) is 60.3 Å². The van der Waals surface area contributed by atoms with E-state index in [0.29, 0.717) is 22.6 Å². The van der Waals surface area contributed by atoms with Gasteiger partial charge in [-0.25, -0.2) is 4.68 Å². The van der Waals surface area contributed by atoms with Crippen molar-refractivity contribution >= 4 is 23.4 Å². The van der Waals surface area contributed by atoms with Crippen LogP contribution in [0.3, 0.4) is 0 Å². The summed E-state index contributed by atoms with van der Waals surface area (Å²) in [4.78, 5) is 4.76. The molecule has 2 aliphatic heterocycles. The molecule has 6 rings (SSSR count). The average molecular weight is 485 g/mol. The number of anilines is 1. The Morgan fingerprint density at radius 3 is 2.46 bits per heavy atom. The molecule has 0 fully saturated rings. The van der Waals surface area contributed by atoms with Crippen molar-refractivity contribution in [1.82, 2.24) is 14.8 Å². The Labute approximate surface area is 207 Å². The third-order valence-electron chi connectivity index (χ3n) is 6.37. The van der Waals surface area contributed by atoms with Crippen molar-refractivity contribution in [2.75, 3.05) is 25.8 Å². The van der Waals surface area contributed by atoms with Crippen LogP contribution in [0.25, 0.3) is 5.70 Å². The molecule has 176 valence electrons. The number of hydrogen-bond donors (Lipinski definition) is 1. The molecular weight excluding hydrogens is 460 g/mol. The number of nitrogens with one attached hydrogen (secondary N) is 1. The van der Waals surface area contributed by atoms with Gasteiger partial charge in [0, 0.05) is 11.1 Å². The number of fused-ring (bicyclic) bond motifs is 3. The fourth-order valence-corrected chi connectivity index (χ4v) is 5.14. The van der Waals surface area contributed by atoms with E-state index in [1.54, 1.807) is 14.2 Å². The van der Waals surface area contributed by atoms with Crippen LogP contribution in [-0.4, -0.2) is 35.2 Å². The minimum absolute atomic E-state index is 0.270. The maximum Gasteiger partial charge on any atom is 0.227 e. The molecule has 2 aliphatic rings. The van der Waals surface area contributed by atoms with Gasteiger partial charge in [0.2, 0.25) is 11.1 Å². The Hall–Kier alpha value is -3.91. The predicted octanol–water partition coefficient (Wildman–Crippen LogP) is 5.58. The van der Waals surface area contributed by atoms with E-state index in [1.807, 2.05) is 59.5 Å². The summed E-state index contributed by atoms with van der Waals surface area (Å²) in [6, 6.07) is 24.1. The van der Waals surface area contributed by atoms with Crippen LogP contribution in [-0.2, 0) is 0 Å². The SMILES string of the molecule is COc1ccc(C2C3=C(Nc4nc(SC)nn42)c2ccccc2OC3c2ccccc2)cc1OC. The topological polar surface area (TPSA) is 70.4 Å². The number of rotatable bonds is 5. The van der Waals surface area contributed by atoms with Gasteiger partial charge in [0.1, 0.15) is 17.9 Å². The van der Waals surface area contributed by atoms with Gasteiger partial charge in [0.05, 0.1) is 19.9 Å². The van der Waals surface area contributed by atoms with E-state index < -0.39 is 0 Å². The molecule has 2 unspecified atom stereocenters. The van der Waals surface area contributed by atoms with E-state index >= 15 is 0 Å². The maximum atomic E-state index is 6.67. The Balaban J connectivity index is 1.63. The molecule has 1 aromatic heterocycles. The highest BCUT2D eigenvalue weighted by Crippen LogP contribution is 2.51. The summed E-state index contributed by atoms with van der Waals surface area (Å²) >= 11 is 1.51. The highest BCUT2D eigenvalue weighted by molar-refractivity contribution is 7.98. The Morgan fingerprint density at radius 2 is 1.69 bits per heavy atom. The molecule has 0 amide bonds. The number of benzene rings is 3. The standard InChI is InChI=1S/C27H24N4O3S/c1-32-20-14-13-17(15-21(20)33-2)24-22-23(28-26-29-27(35-3)30-31(24)26)18-11-7-8-12-19(18)34-25(22)16-9-5-4-6-10-16/h4-15,24-25H,1-3H3,(H,28,29,30). The summed E-state index contributed by atoms with van der Waals surface area (Å²) in [7, 11) is 3.29. The summed E-state index contributed by atoms with van der Waals surface area (Å²) in [5.41, 5.74) is 5.12. The molecule has 0 bridgehead atoms. The molecule has 0 radical (unpaired) electrons. The smallest absolute Gasteiger partial charge is 0.227 e. The monoisotopic (exact) mass is 484 g/mol. The lowest BCUT2D eigenvalue weighted by molar-refractivity contribution is 0.223. The zero-order valence-corrected chi connectivity index (χ0v) is 20.4. The summed E-state index contributed by atoms with van der Waals surface area (Å²) in [6.45, 7) is 0. The minimum Gasteiger partial charge on any atom is -0.493 e. The molecular formula is C27H24N4O3S. The van der Waals surface area contributed by atoms with Crippen LogP contribution < -0.4 is 19.5 Å². The normalized spacial score (nSPS) is 18.0. The number of thioether (sulfide) groups is 1. The quantitative estimate of drug-likeness (QED) is 0.371. The maximum absolute atomic E-state index is 6.67. The van der Waals surface area contributed by atoms with Gasteiger partial charge < -0.3 is 19.5 Å². The lowest BCUT2D eigenvalue weighted by Crippen LogP contribution is -2.32. The van der Waals surface area contributed by atoms with Crippen molar-refractivity contribution in [3.05, 3.63) is 95.1 Å². The van der Waals surface area contributed by atoms with Crippen molar-refractivity contribution in [2.45, 2.75) is 17.3 Å². The minimum atomic E-state index is -0.318. The lowest BCUT2D eigenvalue weighted by atomic mass is 9.84. The van der Waals surface area contributed by atoms with Crippen LogP contribution in [0, 0.1) is 0 Å². The van der Waals surface area contributed by atoms with Gasteiger partial charge in [0.25, 0.3) is 0 Å². The number of methoxy groups -OCH3 is 2. The van der Waals surface area contributed by atoms with Crippen molar-refractivity contribution in [3.8, 4) is 17.2 Å². The van der Waals surface area contributed by atoms with E-state index in [2.05, 4.69) is 29.6 Å². The summed E-state index contributed by atoms with van der Waals surface area (Å²) in [5, 5.41) is 9.12. The first kappa shape index (κ1) is 21.6. The second kappa shape index (κ2) is 8.70.